The number of amides is 1. The van der Waals surface area contributed by atoms with E-state index in [1.54, 1.807) is 0 Å². The first-order valence-electron chi connectivity index (χ1n) is 6.36. The summed E-state index contributed by atoms with van der Waals surface area (Å²) >= 11 is 0. The second kappa shape index (κ2) is 6.33. The van der Waals surface area contributed by atoms with Gasteiger partial charge in [-0.15, -0.1) is 0 Å². The van der Waals surface area contributed by atoms with Crippen LogP contribution in [0.1, 0.15) is 11.4 Å². The average Bonchev–Trinajstić information content (AvgIpc) is 2.89. The van der Waals surface area contributed by atoms with Gasteiger partial charge in [0.25, 0.3) is 0 Å². The van der Waals surface area contributed by atoms with Crippen molar-refractivity contribution in [1.29, 1.82) is 0 Å². The van der Waals surface area contributed by atoms with Crippen LogP contribution in [0.4, 0.5) is 40.8 Å². The molecule has 0 aliphatic heterocycles. The second-order valence-corrected chi connectivity index (χ2v) is 4.82. The van der Waals surface area contributed by atoms with Crippen LogP contribution < -0.4 is 5.32 Å². The predicted molar refractivity (Wildman–Crippen MR) is 66.8 cm³/mol. The summed E-state index contributed by atoms with van der Waals surface area (Å²) in [6.45, 7) is 0.231. The van der Waals surface area contributed by atoms with Gasteiger partial charge in [0.2, 0.25) is 11.7 Å². The number of nitrogens with zero attached hydrogens (tertiary/aromatic N) is 2. The van der Waals surface area contributed by atoms with Crippen molar-refractivity contribution in [3.05, 3.63) is 46.5 Å². The van der Waals surface area contributed by atoms with Crippen molar-refractivity contribution in [1.82, 2.24) is 9.78 Å². The lowest BCUT2D eigenvalue weighted by Gasteiger charge is -2.10. The molecule has 0 radical (unpaired) electrons. The fraction of sp³-hybridized carbons (Fsp3) is 0.231. The molecule has 0 aliphatic rings. The summed E-state index contributed by atoms with van der Waals surface area (Å²) in [5, 5.41) is 4.53. The number of benzene rings is 1. The van der Waals surface area contributed by atoms with Crippen molar-refractivity contribution < 1.29 is 39.9 Å². The van der Waals surface area contributed by atoms with E-state index in [1.807, 2.05) is 0 Å². The first-order chi connectivity index (χ1) is 11.4. The van der Waals surface area contributed by atoms with Gasteiger partial charge in [0, 0.05) is 5.69 Å². The van der Waals surface area contributed by atoms with E-state index >= 15 is 0 Å². The van der Waals surface area contributed by atoms with E-state index in [-0.39, 0.29) is 5.69 Å². The Balaban J connectivity index is 2.27. The second-order valence-electron chi connectivity index (χ2n) is 4.82. The lowest BCUT2D eigenvalue weighted by molar-refractivity contribution is -0.141. The van der Waals surface area contributed by atoms with E-state index in [4.69, 9.17) is 0 Å². The molecule has 0 saturated carbocycles. The fourth-order valence-corrected chi connectivity index (χ4v) is 1.84. The molecule has 25 heavy (non-hydrogen) atoms. The molecule has 1 heterocycles. The molecule has 2 rings (SSSR count). The zero-order chi connectivity index (χ0) is 19.1. The highest BCUT2D eigenvalue weighted by Crippen LogP contribution is 2.29. The molecule has 4 nitrogen and oxygen atoms in total. The van der Waals surface area contributed by atoms with Gasteiger partial charge in [-0.3, -0.25) is 9.48 Å². The third kappa shape index (κ3) is 3.56. The lowest BCUT2D eigenvalue weighted by Crippen LogP contribution is -2.23. The lowest BCUT2D eigenvalue weighted by atomic mass is 10.2. The molecule has 1 N–H and O–H groups in total. The Kier molecular flexibility index (Phi) is 4.73. The quantitative estimate of drug-likeness (QED) is 0.508. The average molecular weight is 373 g/mol. The highest BCUT2D eigenvalue weighted by atomic mass is 19.4. The van der Waals surface area contributed by atoms with Crippen molar-refractivity contribution in [2.75, 3.05) is 5.32 Å². The maximum Gasteiger partial charge on any atom is 0.435 e. The molecule has 12 heteroatoms. The predicted octanol–water partition coefficient (Wildman–Crippen LogP) is 3.54. The van der Waals surface area contributed by atoms with Gasteiger partial charge in [0.1, 0.15) is 12.2 Å². The number of halogens is 8. The first-order valence-corrected chi connectivity index (χ1v) is 6.36. The minimum absolute atomic E-state index is 0.111. The maximum absolute atomic E-state index is 13.4. The molecule has 0 bridgehead atoms. The van der Waals surface area contributed by atoms with Gasteiger partial charge in [-0.2, -0.15) is 18.3 Å². The number of aromatic nitrogens is 2. The largest absolute Gasteiger partial charge is 0.435 e. The van der Waals surface area contributed by atoms with Crippen molar-refractivity contribution in [3.8, 4) is 0 Å². The molecule has 0 unspecified atom stereocenters. The molecule has 1 amide bonds. The van der Waals surface area contributed by atoms with Gasteiger partial charge >= 0.3 is 6.18 Å². The van der Waals surface area contributed by atoms with Crippen molar-refractivity contribution in [2.45, 2.75) is 19.6 Å². The summed E-state index contributed by atoms with van der Waals surface area (Å²) in [5.74, 6) is -12.9. The number of aryl methyl sites for hydroxylation is 1. The number of alkyl halides is 3. The molecule has 0 aliphatic carbocycles. The van der Waals surface area contributed by atoms with Crippen molar-refractivity contribution in [2.24, 2.45) is 0 Å². The Morgan fingerprint density at radius 2 is 1.52 bits per heavy atom. The summed E-state index contributed by atoms with van der Waals surface area (Å²) in [7, 11) is 0. The number of anilines is 1. The van der Waals surface area contributed by atoms with Crippen LogP contribution in [-0.4, -0.2) is 15.7 Å². The van der Waals surface area contributed by atoms with Crippen LogP contribution >= 0.6 is 0 Å². The van der Waals surface area contributed by atoms with E-state index in [0.29, 0.717) is 10.7 Å². The van der Waals surface area contributed by atoms with E-state index in [9.17, 15) is 39.9 Å². The van der Waals surface area contributed by atoms with E-state index in [2.05, 4.69) is 5.10 Å². The van der Waals surface area contributed by atoms with Gasteiger partial charge < -0.3 is 5.32 Å². The number of nitrogens with one attached hydrogen (secondary N) is 1. The standard InChI is InChI=1S/C13H7F8N3O/c1-4-2-5(13(19,20)21)23-24(4)3-6(25)22-12-10(17)8(15)7(14)9(16)11(12)18/h2H,3H2,1H3,(H,22,25). The molecule has 0 atom stereocenters. The molecule has 0 spiro atoms. The molecule has 0 fully saturated rings. The highest BCUT2D eigenvalue weighted by Gasteiger charge is 2.34. The Morgan fingerprint density at radius 3 is 1.96 bits per heavy atom. The van der Waals surface area contributed by atoms with Crippen LogP contribution in [-0.2, 0) is 17.5 Å². The minimum Gasteiger partial charge on any atom is -0.319 e. The zero-order valence-electron chi connectivity index (χ0n) is 12.1. The molecular weight excluding hydrogens is 366 g/mol. The third-order valence-electron chi connectivity index (χ3n) is 3.04. The molecule has 136 valence electrons. The smallest absolute Gasteiger partial charge is 0.319 e. The van der Waals surface area contributed by atoms with Crippen LogP contribution in [0.3, 0.4) is 0 Å². The van der Waals surface area contributed by atoms with E-state index in [1.165, 1.54) is 12.2 Å². The maximum atomic E-state index is 13.4. The van der Waals surface area contributed by atoms with Gasteiger partial charge in [-0.25, -0.2) is 22.0 Å². The Labute approximate surface area is 134 Å². The van der Waals surface area contributed by atoms with Gasteiger partial charge in [0.15, 0.2) is 29.0 Å². The third-order valence-corrected chi connectivity index (χ3v) is 3.04. The number of rotatable bonds is 3. The van der Waals surface area contributed by atoms with Crippen molar-refractivity contribution >= 4 is 11.6 Å². The number of carbonyl (C=O) groups excluding carboxylic acids is 1. The molecule has 0 saturated heterocycles. The Morgan fingerprint density at radius 1 is 1.04 bits per heavy atom. The first kappa shape index (κ1) is 18.7. The molecule has 1 aromatic carbocycles. The summed E-state index contributed by atoms with van der Waals surface area (Å²) in [5.41, 5.74) is -3.03. The van der Waals surface area contributed by atoms with Gasteiger partial charge in [-0.1, -0.05) is 0 Å². The highest BCUT2D eigenvalue weighted by molar-refractivity contribution is 5.90. The van der Waals surface area contributed by atoms with Crippen LogP contribution in [0.2, 0.25) is 0 Å². The normalized spacial score (nSPS) is 11.7. The Hall–Kier alpha value is -2.66. The zero-order valence-corrected chi connectivity index (χ0v) is 12.1. The number of carbonyl (C=O) groups is 1. The fourth-order valence-electron chi connectivity index (χ4n) is 1.84. The summed E-state index contributed by atoms with van der Waals surface area (Å²) in [4.78, 5) is 11.7. The van der Waals surface area contributed by atoms with E-state index < -0.39 is 59.1 Å². The van der Waals surface area contributed by atoms with E-state index in [0.717, 1.165) is 0 Å². The molecular formula is C13H7F8N3O. The van der Waals surface area contributed by atoms with Crippen LogP contribution in [0, 0.1) is 36.0 Å². The van der Waals surface area contributed by atoms with Crippen LogP contribution in [0.5, 0.6) is 0 Å². The van der Waals surface area contributed by atoms with Crippen molar-refractivity contribution in [3.63, 3.8) is 0 Å². The SMILES string of the molecule is Cc1cc(C(F)(F)F)nn1CC(=O)Nc1c(F)c(F)c(F)c(F)c1F. The minimum atomic E-state index is -4.78. The summed E-state index contributed by atoms with van der Waals surface area (Å²) in [6, 6.07) is 0.617. The number of hydrogen-bond acceptors (Lipinski definition) is 2. The number of hydrogen-bond donors (Lipinski definition) is 1. The molecule has 1 aromatic heterocycles. The monoisotopic (exact) mass is 373 g/mol. The topological polar surface area (TPSA) is 46.9 Å². The van der Waals surface area contributed by atoms with Crippen LogP contribution in [0.25, 0.3) is 0 Å². The van der Waals surface area contributed by atoms with Crippen LogP contribution in [0.15, 0.2) is 6.07 Å². The van der Waals surface area contributed by atoms with Gasteiger partial charge in [-0.05, 0) is 13.0 Å². The molecule has 2 aromatic rings. The van der Waals surface area contributed by atoms with Gasteiger partial charge in [0.05, 0.1) is 0 Å². The Bertz CT molecular complexity index is 814. The summed E-state index contributed by atoms with van der Waals surface area (Å²) < 4.78 is 104. The summed E-state index contributed by atoms with van der Waals surface area (Å²) in [6.07, 6.45) is -4.78.